The number of rotatable bonds is 1. The zero-order chi connectivity index (χ0) is 16.0. The number of hydrogen-bond donors (Lipinski definition) is 1. The number of hydrogen-bond acceptors (Lipinski definition) is 3. The van der Waals surface area contributed by atoms with Crippen LogP contribution in [0.3, 0.4) is 0 Å². The molecule has 2 aromatic rings. The molecule has 2 aliphatic heterocycles. The predicted octanol–water partition coefficient (Wildman–Crippen LogP) is 3.48. The van der Waals surface area contributed by atoms with Gasteiger partial charge in [-0.25, -0.2) is 9.38 Å². The molecule has 2 heterocycles. The molecule has 1 unspecified atom stereocenters. The van der Waals surface area contributed by atoms with E-state index in [1.807, 2.05) is 0 Å². The summed E-state index contributed by atoms with van der Waals surface area (Å²) in [5.41, 5.74) is 1.64. The van der Waals surface area contributed by atoms with Gasteiger partial charge in [0, 0.05) is 16.7 Å². The molecular weight excluding hydrogens is 319 g/mol. The van der Waals surface area contributed by atoms with Crippen LogP contribution in [0.2, 0.25) is 5.02 Å². The van der Waals surface area contributed by atoms with Gasteiger partial charge >= 0.3 is 0 Å². The van der Waals surface area contributed by atoms with Crippen molar-refractivity contribution >= 4 is 29.5 Å². The Labute approximate surface area is 136 Å². The van der Waals surface area contributed by atoms with Crippen LogP contribution >= 0.6 is 11.6 Å². The van der Waals surface area contributed by atoms with Crippen LogP contribution in [-0.2, 0) is 4.79 Å². The Morgan fingerprint density at radius 2 is 2.09 bits per heavy atom. The molecule has 0 saturated heterocycles. The Morgan fingerprint density at radius 1 is 1.22 bits per heavy atom. The molecule has 0 spiro atoms. The summed E-state index contributed by atoms with van der Waals surface area (Å²) in [7, 11) is 0. The minimum atomic E-state index is -0.689. The molecule has 0 fully saturated rings. The molecule has 0 bridgehead atoms. The van der Waals surface area contributed by atoms with Crippen LogP contribution in [0, 0.1) is 5.82 Å². The third-order valence-corrected chi connectivity index (χ3v) is 3.87. The van der Waals surface area contributed by atoms with Gasteiger partial charge in [-0.15, -0.1) is 0 Å². The van der Waals surface area contributed by atoms with Crippen LogP contribution in [0.5, 0.6) is 5.75 Å². The summed E-state index contributed by atoms with van der Waals surface area (Å²) >= 11 is 5.96. The van der Waals surface area contributed by atoms with Crippen LogP contribution < -0.4 is 10.1 Å². The molecule has 0 aliphatic carbocycles. The number of nitrogens with zero attached hydrogens (tertiary/aromatic N) is 1. The van der Waals surface area contributed by atoms with E-state index in [0.717, 1.165) is 5.56 Å². The highest BCUT2D eigenvalue weighted by atomic mass is 35.5. The normalized spacial score (nSPS) is 18.9. The molecule has 1 amide bonds. The van der Waals surface area contributed by atoms with Crippen molar-refractivity contribution in [3.8, 4) is 5.75 Å². The minimum absolute atomic E-state index is 0.206. The Bertz CT molecular complexity index is 892. The van der Waals surface area contributed by atoms with Gasteiger partial charge in [-0.2, -0.15) is 0 Å². The first kappa shape index (κ1) is 14.0. The van der Waals surface area contributed by atoms with Crippen molar-refractivity contribution in [2.45, 2.75) is 6.17 Å². The number of nitrogens with one attached hydrogen (secondary N) is 1. The first-order valence-electron chi connectivity index (χ1n) is 6.94. The number of carbonyl (C=O) groups excluding carboxylic acids is 1. The highest BCUT2D eigenvalue weighted by Crippen LogP contribution is 2.33. The molecule has 0 saturated carbocycles. The summed E-state index contributed by atoms with van der Waals surface area (Å²) in [6.45, 7) is 0. The van der Waals surface area contributed by atoms with E-state index in [2.05, 4.69) is 10.3 Å². The number of fused-ring (bicyclic) bond motifs is 2. The molecule has 0 aromatic heterocycles. The summed E-state index contributed by atoms with van der Waals surface area (Å²) in [5, 5.41) is 3.26. The van der Waals surface area contributed by atoms with Crippen molar-refractivity contribution in [1.82, 2.24) is 5.32 Å². The molecule has 2 aliphatic rings. The van der Waals surface area contributed by atoms with Crippen LogP contribution in [0.15, 0.2) is 53.0 Å². The van der Waals surface area contributed by atoms with E-state index >= 15 is 0 Å². The molecular formula is C17H10ClFN2O2. The number of benzene rings is 2. The van der Waals surface area contributed by atoms with Crippen molar-refractivity contribution < 1.29 is 13.9 Å². The molecule has 114 valence electrons. The Morgan fingerprint density at radius 3 is 2.91 bits per heavy atom. The summed E-state index contributed by atoms with van der Waals surface area (Å²) in [5.74, 6) is 0.0373. The van der Waals surface area contributed by atoms with E-state index in [1.54, 1.807) is 36.4 Å². The Balaban J connectivity index is 1.77. The maximum absolute atomic E-state index is 13.4. The second-order valence-electron chi connectivity index (χ2n) is 5.21. The van der Waals surface area contributed by atoms with Crippen LogP contribution in [0.25, 0.3) is 6.08 Å². The van der Waals surface area contributed by atoms with Gasteiger partial charge in [-0.1, -0.05) is 23.7 Å². The lowest BCUT2D eigenvalue weighted by Crippen LogP contribution is -2.39. The van der Waals surface area contributed by atoms with Crippen LogP contribution in [-0.4, -0.2) is 11.8 Å². The lowest BCUT2D eigenvalue weighted by atomic mass is 10.0. The van der Waals surface area contributed by atoms with Gasteiger partial charge in [0.05, 0.1) is 0 Å². The van der Waals surface area contributed by atoms with Crippen LogP contribution in [0.4, 0.5) is 4.39 Å². The Hall–Kier alpha value is -2.66. The fourth-order valence-corrected chi connectivity index (χ4v) is 2.70. The second kappa shape index (κ2) is 5.21. The molecule has 6 heteroatoms. The molecule has 4 rings (SSSR count). The zero-order valence-corrected chi connectivity index (χ0v) is 12.5. The molecule has 0 radical (unpaired) electrons. The van der Waals surface area contributed by atoms with E-state index in [9.17, 15) is 9.18 Å². The maximum atomic E-state index is 13.4. The summed E-state index contributed by atoms with van der Waals surface area (Å²) in [6, 6.07) is 11.1. The standard InChI is InChI=1S/C17H10ClFN2O2/c18-11-5-4-9-7-13-16(22)20-15(10-2-1-3-12(19)6-10)21-17(13)23-14(9)8-11/h1-8,15H,(H,20,22). The fraction of sp³-hybridized carbons (Fsp3) is 0.0588. The monoisotopic (exact) mass is 328 g/mol. The molecule has 23 heavy (non-hydrogen) atoms. The average molecular weight is 329 g/mol. The number of halogens is 2. The minimum Gasteiger partial charge on any atom is -0.438 e. The highest BCUT2D eigenvalue weighted by Gasteiger charge is 2.31. The SMILES string of the molecule is O=C1NC(c2cccc(F)c2)N=C2Oc3cc(Cl)ccc3C=C12. The number of carbonyl (C=O) groups is 1. The van der Waals surface area contributed by atoms with Gasteiger partial charge in [0.25, 0.3) is 5.91 Å². The predicted molar refractivity (Wildman–Crippen MR) is 84.8 cm³/mol. The van der Waals surface area contributed by atoms with Crippen molar-refractivity contribution in [3.05, 3.63) is 70.0 Å². The van der Waals surface area contributed by atoms with Crippen molar-refractivity contribution in [2.24, 2.45) is 4.99 Å². The smallest absolute Gasteiger partial charge is 0.258 e. The summed E-state index contributed by atoms with van der Waals surface area (Å²) in [4.78, 5) is 16.7. The van der Waals surface area contributed by atoms with Gasteiger partial charge in [0.2, 0.25) is 5.90 Å². The fourth-order valence-electron chi connectivity index (χ4n) is 2.54. The summed E-state index contributed by atoms with van der Waals surface area (Å²) in [6.07, 6.45) is 1.01. The lowest BCUT2D eigenvalue weighted by Gasteiger charge is -2.26. The quantitative estimate of drug-likeness (QED) is 0.871. The highest BCUT2D eigenvalue weighted by molar-refractivity contribution is 6.31. The van der Waals surface area contributed by atoms with Gasteiger partial charge in [-0.3, -0.25) is 4.79 Å². The first-order chi connectivity index (χ1) is 11.1. The van der Waals surface area contributed by atoms with Crippen LogP contribution in [0.1, 0.15) is 17.3 Å². The maximum Gasteiger partial charge on any atom is 0.258 e. The third-order valence-electron chi connectivity index (χ3n) is 3.64. The molecule has 1 N–H and O–H groups in total. The first-order valence-corrected chi connectivity index (χ1v) is 7.31. The molecule has 4 nitrogen and oxygen atoms in total. The number of aliphatic imine (C=N–C) groups is 1. The van der Waals surface area contributed by atoms with E-state index in [0.29, 0.717) is 21.9 Å². The van der Waals surface area contributed by atoms with E-state index < -0.39 is 6.17 Å². The Kier molecular flexibility index (Phi) is 3.16. The van der Waals surface area contributed by atoms with Gasteiger partial charge in [-0.05, 0) is 35.9 Å². The lowest BCUT2D eigenvalue weighted by molar-refractivity contribution is -0.118. The topological polar surface area (TPSA) is 50.7 Å². The van der Waals surface area contributed by atoms with Gasteiger partial charge in [0.1, 0.15) is 17.1 Å². The largest absolute Gasteiger partial charge is 0.438 e. The summed E-state index contributed by atoms with van der Waals surface area (Å²) < 4.78 is 19.1. The van der Waals surface area contributed by atoms with Crippen molar-refractivity contribution in [1.29, 1.82) is 0 Å². The van der Waals surface area contributed by atoms with E-state index in [-0.39, 0.29) is 17.6 Å². The number of amides is 1. The van der Waals surface area contributed by atoms with E-state index in [1.165, 1.54) is 12.1 Å². The zero-order valence-electron chi connectivity index (χ0n) is 11.7. The van der Waals surface area contributed by atoms with Crippen molar-refractivity contribution in [2.75, 3.05) is 0 Å². The molecule has 2 aromatic carbocycles. The van der Waals surface area contributed by atoms with Gasteiger partial charge < -0.3 is 10.1 Å². The number of ether oxygens (including phenoxy) is 1. The third kappa shape index (κ3) is 2.49. The average Bonchev–Trinajstić information content (AvgIpc) is 2.53. The second-order valence-corrected chi connectivity index (χ2v) is 5.64. The molecule has 1 atom stereocenters. The van der Waals surface area contributed by atoms with Gasteiger partial charge in [0.15, 0.2) is 6.17 Å². The van der Waals surface area contributed by atoms with E-state index in [4.69, 9.17) is 16.3 Å². The van der Waals surface area contributed by atoms with Crippen molar-refractivity contribution in [3.63, 3.8) is 0 Å².